The Balaban J connectivity index is 1.63. The number of nitrogens with one attached hydrogen (secondary N) is 2. The van der Waals surface area contributed by atoms with Crippen LogP contribution in [0.4, 0.5) is 11.8 Å². The molecule has 2 atom stereocenters. The fraction of sp³-hybridized carbons (Fsp3) is 0.350. The number of anilines is 2. The van der Waals surface area contributed by atoms with E-state index in [0.717, 1.165) is 22.2 Å². The molecule has 0 aliphatic rings. The average molecular weight is 461 g/mol. The van der Waals surface area contributed by atoms with E-state index in [2.05, 4.69) is 20.3 Å². The fourth-order valence-electron chi connectivity index (χ4n) is 3.35. The van der Waals surface area contributed by atoms with E-state index >= 15 is 0 Å². The Morgan fingerprint density at radius 3 is 2.62 bits per heavy atom. The van der Waals surface area contributed by atoms with E-state index in [-0.39, 0.29) is 24.7 Å². The number of carboxylic acid groups (broad SMARTS) is 2. The second kappa shape index (κ2) is 9.64. The van der Waals surface area contributed by atoms with Crippen LogP contribution in [0.25, 0.3) is 11.0 Å². The molecule has 0 aromatic carbocycles. The van der Waals surface area contributed by atoms with Gasteiger partial charge in [-0.15, -0.1) is 11.3 Å². The van der Waals surface area contributed by atoms with Crippen molar-refractivity contribution in [3.8, 4) is 0 Å². The first-order valence-electron chi connectivity index (χ1n) is 9.89. The Morgan fingerprint density at radius 2 is 1.94 bits per heavy atom. The maximum atomic E-state index is 12.4. The molecule has 0 bridgehead atoms. The van der Waals surface area contributed by atoms with Gasteiger partial charge in [0, 0.05) is 17.5 Å². The van der Waals surface area contributed by atoms with Gasteiger partial charge >= 0.3 is 11.9 Å². The van der Waals surface area contributed by atoms with Crippen molar-refractivity contribution in [3.63, 3.8) is 0 Å². The maximum absolute atomic E-state index is 12.4. The summed E-state index contributed by atoms with van der Waals surface area (Å²) in [4.78, 5) is 47.0. The standard InChI is InChI=1S/C20H24N6O5S/c1-9(2-3-10-8-23-17-15(10)16(21)25-20(22)26-17)12-5-6-13(32-12)18(29)24-11(19(30)31)4-7-14(27)28/h5-6,8-9,11H,2-4,7H2,1H3,(H,24,29)(H,27,28)(H,30,31)(H5,21,22,23,25,26)/t9?,11-/m0/s1. The minimum atomic E-state index is -1.27. The van der Waals surface area contributed by atoms with Crippen molar-refractivity contribution >= 4 is 52.0 Å². The number of fused-ring (bicyclic) bond motifs is 1. The SMILES string of the molecule is CC(CCc1c[nH]c2nc(N)nc(N)c12)c1ccc(C(=O)N[C@@H](CCC(=O)O)C(=O)O)s1. The molecule has 3 rings (SSSR count). The molecule has 11 nitrogen and oxygen atoms in total. The molecule has 0 aliphatic heterocycles. The minimum absolute atomic E-state index is 0.106. The summed E-state index contributed by atoms with van der Waals surface area (Å²) < 4.78 is 0. The Kier molecular flexibility index (Phi) is 6.93. The van der Waals surface area contributed by atoms with Gasteiger partial charge in [0.2, 0.25) is 5.95 Å². The Hall–Kier alpha value is -3.67. The van der Waals surface area contributed by atoms with Crippen LogP contribution in [0.3, 0.4) is 0 Å². The lowest BCUT2D eigenvalue weighted by Crippen LogP contribution is -2.40. The van der Waals surface area contributed by atoms with Crippen molar-refractivity contribution in [2.45, 2.75) is 44.6 Å². The van der Waals surface area contributed by atoms with Gasteiger partial charge in [0.25, 0.3) is 5.91 Å². The van der Waals surface area contributed by atoms with E-state index in [4.69, 9.17) is 16.6 Å². The minimum Gasteiger partial charge on any atom is -0.481 e. The molecule has 32 heavy (non-hydrogen) atoms. The van der Waals surface area contributed by atoms with Gasteiger partial charge in [0.05, 0.1) is 10.3 Å². The van der Waals surface area contributed by atoms with Crippen LogP contribution in [0, 0.1) is 0 Å². The molecule has 8 N–H and O–H groups in total. The highest BCUT2D eigenvalue weighted by Crippen LogP contribution is 2.30. The van der Waals surface area contributed by atoms with Crippen molar-refractivity contribution in [2.24, 2.45) is 0 Å². The number of aryl methyl sites for hydroxylation is 1. The Morgan fingerprint density at radius 1 is 1.19 bits per heavy atom. The zero-order valence-corrected chi connectivity index (χ0v) is 18.1. The average Bonchev–Trinajstić information content (AvgIpc) is 3.36. The van der Waals surface area contributed by atoms with Gasteiger partial charge in [-0.25, -0.2) is 4.79 Å². The number of carbonyl (C=O) groups is 3. The van der Waals surface area contributed by atoms with Gasteiger partial charge in [-0.1, -0.05) is 6.92 Å². The Bertz CT molecular complexity index is 1160. The van der Waals surface area contributed by atoms with Crippen LogP contribution in [-0.2, 0) is 16.0 Å². The highest BCUT2D eigenvalue weighted by Gasteiger charge is 2.23. The molecule has 1 unspecified atom stereocenters. The normalized spacial score (nSPS) is 13.0. The largest absolute Gasteiger partial charge is 0.481 e. The third-order valence-corrected chi connectivity index (χ3v) is 6.41. The molecule has 3 heterocycles. The van der Waals surface area contributed by atoms with E-state index in [1.54, 1.807) is 6.07 Å². The van der Waals surface area contributed by atoms with Crippen molar-refractivity contribution in [2.75, 3.05) is 11.5 Å². The highest BCUT2D eigenvalue weighted by atomic mass is 32.1. The van der Waals surface area contributed by atoms with Gasteiger partial charge in [-0.2, -0.15) is 9.97 Å². The number of aliphatic carboxylic acids is 2. The second-order valence-electron chi connectivity index (χ2n) is 7.44. The Labute approximate surface area is 186 Å². The number of rotatable bonds is 10. The van der Waals surface area contributed by atoms with Gasteiger partial charge in [-0.3, -0.25) is 9.59 Å². The van der Waals surface area contributed by atoms with Crippen LogP contribution >= 0.6 is 11.3 Å². The first-order valence-corrected chi connectivity index (χ1v) is 10.7. The zero-order valence-electron chi connectivity index (χ0n) is 17.3. The molecule has 0 saturated carbocycles. The molecule has 0 radical (unpaired) electrons. The van der Waals surface area contributed by atoms with E-state index in [1.807, 2.05) is 19.2 Å². The number of nitrogen functional groups attached to an aromatic ring is 2. The molecule has 3 aromatic heterocycles. The summed E-state index contributed by atoms with van der Waals surface area (Å²) in [7, 11) is 0. The predicted molar refractivity (Wildman–Crippen MR) is 120 cm³/mol. The maximum Gasteiger partial charge on any atom is 0.326 e. The number of carboxylic acids is 2. The molecule has 0 aliphatic carbocycles. The first-order chi connectivity index (χ1) is 15.2. The summed E-state index contributed by atoms with van der Waals surface area (Å²) >= 11 is 1.28. The van der Waals surface area contributed by atoms with Crippen molar-refractivity contribution in [1.82, 2.24) is 20.3 Å². The number of H-pyrrole nitrogens is 1. The smallest absolute Gasteiger partial charge is 0.326 e. The molecule has 1 amide bonds. The molecule has 3 aromatic rings. The van der Waals surface area contributed by atoms with Crippen LogP contribution in [-0.4, -0.2) is 49.1 Å². The number of nitrogens with two attached hydrogens (primary N) is 2. The van der Waals surface area contributed by atoms with Crippen molar-refractivity contribution in [1.29, 1.82) is 0 Å². The molecular weight excluding hydrogens is 436 g/mol. The number of nitrogens with zero attached hydrogens (tertiary/aromatic N) is 2. The highest BCUT2D eigenvalue weighted by molar-refractivity contribution is 7.14. The van der Waals surface area contributed by atoms with Crippen LogP contribution in [0.15, 0.2) is 18.3 Å². The van der Waals surface area contributed by atoms with Crippen LogP contribution in [0.2, 0.25) is 0 Å². The van der Waals surface area contributed by atoms with Gasteiger partial charge < -0.3 is 32.0 Å². The third-order valence-electron chi connectivity index (χ3n) is 5.09. The second-order valence-corrected chi connectivity index (χ2v) is 8.56. The first kappa shape index (κ1) is 23.0. The van der Waals surface area contributed by atoms with E-state index < -0.39 is 23.9 Å². The van der Waals surface area contributed by atoms with E-state index in [9.17, 15) is 19.5 Å². The number of carbonyl (C=O) groups excluding carboxylic acids is 1. The monoisotopic (exact) mass is 460 g/mol. The zero-order chi connectivity index (χ0) is 23.4. The molecule has 170 valence electrons. The molecular formula is C20H24N6O5S. The fourth-order valence-corrected chi connectivity index (χ4v) is 4.35. The third kappa shape index (κ3) is 5.32. The number of hydrogen-bond donors (Lipinski definition) is 6. The quantitative estimate of drug-likeness (QED) is 0.262. The van der Waals surface area contributed by atoms with Crippen molar-refractivity contribution < 1.29 is 24.6 Å². The van der Waals surface area contributed by atoms with Crippen molar-refractivity contribution in [3.05, 3.63) is 33.6 Å². The van der Waals surface area contributed by atoms with Crippen LogP contribution < -0.4 is 16.8 Å². The summed E-state index contributed by atoms with van der Waals surface area (Å²) in [6.45, 7) is 2.03. The lowest BCUT2D eigenvalue weighted by Gasteiger charge is -2.12. The summed E-state index contributed by atoms with van der Waals surface area (Å²) in [6, 6.07) is 2.22. The number of aromatic amines is 1. The van der Waals surface area contributed by atoms with Crippen LogP contribution in [0.1, 0.15) is 52.2 Å². The van der Waals surface area contributed by atoms with E-state index in [1.165, 1.54) is 11.3 Å². The molecule has 0 spiro atoms. The van der Waals surface area contributed by atoms with Gasteiger partial charge in [-0.05, 0) is 42.9 Å². The van der Waals surface area contributed by atoms with Crippen LogP contribution in [0.5, 0.6) is 0 Å². The summed E-state index contributed by atoms with van der Waals surface area (Å²) in [5, 5.41) is 21.1. The number of aromatic nitrogens is 3. The number of hydrogen-bond acceptors (Lipinski definition) is 8. The lowest BCUT2D eigenvalue weighted by atomic mass is 10.00. The number of thiophene rings is 1. The van der Waals surface area contributed by atoms with Gasteiger partial charge in [0.1, 0.15) is 17.5 Å². The van der Waals surface area contributed by atoms with Gasteiger partial charge in [0.15, 0.2) is 0 Å². The lowest BCUT2D eigenvalue weighted by molar-refractivity contribution is -0.140. The summed E-state index contributed by atoms with van der Waals surface area (Å²) in [6.07, 6.45) is 2.77. The van der Waals surface area contributed by atoms with E-state index in [0.29, 0.717) is 22.8 Å². The molecule has 0 saturated heterocycles. The molecule has 12 heteroatoms. The summed E-state index contributed by atoms with van der Waals surface area (Å²) in [5.74, 6) is -2.37. The predicted octanol–water partition coefficient (Wildman–Crippen LogP) is 1.97. The summed E-state index contributed by atoms with van der Waals surface area (Å²) in [5.41, 5.74) is 13.2. The number of amides is 1. The topological polar surface area (TPSA) is 197 Å². The molecule has 0 fully saturated rings.